The van der Waals surface area contributed by atoms with Gasteiger partial charge in [0, 0.05) is 22.4 Å². The fourth-order valence-corrected chi connectivity index (χ4v) is 3.15. The van der Waals surface area contributed by atoms with Crippen molar-refractivity contribution in [2.24, 2.45) is 0 Å². The van der Waals surface area contributed by atoms with Crippen molar-refractivity contribution in [1.29, 1.82) is 0 Å². The lowest BCUT2D eigenvalue weighted by Crippen LogP contribution is -1.96. The molecular formula is C21H22O5. The number of rotatable bonds is 6. The number of hydrogen-bond acceptors (Lipinski definition) is 5. The maximum Gasteiger partial charge on any atom is 0.168 e. The molecule has 0 aromatic heterocycles. The topological polar surface area (TPSA) is 46.2 Å². The molecule has 5 nitrogen and oxygen atoms in total. The van der Waals surface area contributed by atoms with Crippen LogP contribution in [0.3, 0.4) is 0 Å². The predicted molar refractivity (Wildman–Crippen MR) is 102 cm³/mol. The third kappa shape index (κ3) is 2.86. The molecule has 0 radical (unpaired) electrons. The SMILES string of the molecule is COc1cccc(-c2ccc3c(OC)c(OC)cc(OC)c3c2)c1OC. The Morgan fingerprint density at radius 1 is 0.538 bits per heavy atom. The average molecular weight is 354 g/mol. The number of ether oxygens (including phenoxy) is 5. The van der Waals surface area contributed by atoms with Crippen LogP contribution in [-0.2, 0) is 0 Å². The molecular weight excluding hydrogens is 332 g/mol. The van der Waals surface area contributed by atoms with Gasteiger partial charge in [0.25, 0.3) is 0 Å². The normalized spacial score (nSPS) is 10.5. The Kier molecular flexibility index (Phi) is 5.07. The molecule has 0 bridgehead atoms. The third-order valence-electron chi connectivity index (χ3n) is 4.37. The van der Waals surface area contributed by atoms with Crippen molar-refractivity contribution >= 4 is 10.8 Å². The summed E-state index contributed by atoms with van der Waals surface area (Å²) in [6.45, 7) is 0. The fourth-order valence-electron chi connectivity index (χ4n) is 3.15. The van der Waals surface area contributed by atoms with Gasteiger partial charge in [-0.2, -0.15) is 0 Å². The quantitative estimate of drug-likeness (QED) is 0.650. The zero-order valence-electron chi connectivity index (χ0n) is 15.6. The van der Waals surface area contributed by atoms with Gasteiger partial charge in [-0.05, 0) is 23.8 Å². The molecule has 3 aromatic carbocycles. The molecule has 0 heterocycles. The van der Waals surface area contributed by atoms with Crippen LogP contribution in [0, 0.1) is 0 Å². The molecule has 0 fully saturated rings. The summed E-state index contributed by atoms with van der Waals surface area (Å²) in [4.78, 5) is 0. The first-order valence-corrected chi connectivity index (χ1v) is 8.12. The van der Waals surface area contributed by atoms with Crippen molar-refractivity contribution in [2.75, 3.05) is 35.5 Å². The van der Waals surface area contributed by atoms with Gasteiger partial charge in [0.05, 0.1) is 35.5 Å². The average Bonchev–Trinajstić information content (AvgIpc) is 2.71. The molecule has 26 heavy (non-hydrogen) atoms. The van der Waals surface area contributed by atoms with Gasteiger partial charge in [0.2, 0.25) is 0 Å². The Bertz CT molecular complexity index is 933. The molecule has 136 valence electrons. The summed E-state index contributed by atoms with van der Waals surface area (Å²) < 4.78 is 27.5. The van der Waals surface area contributed by atoms with Crippen LogP contribution in [0.2, 0.25) is 0 Å². The number of benzene rings is 3. The number of para-hydroxylation sites is 1. The minimum absolute atomic E-state index is 0.628. The van der Waals surface area contributed by atoms with Crippen LogP contribution >= 0.6 is 0 Å². The van der Waals surface area contributed by atoms with Crippen molar-refractivity contribution in [3.8, 4) is 39.9 Å². The highest BCUT2D eigenvalue weighted by molar-refractivity contribution is 5.98. The van der Waals surface area contributed by atoms with Gasteiger partial charge in [-0.3, -0.25) is 0 Å². The van der Waals surface area contributed by atoms with Crippen LogP contribution < -0.4 is 23.7 Å². The predicted octanol–water partition coefficient (Wildman–Crippen LogP) is 4.55. The lowest BCUT2D eigenvalue weighted by molar-refractivity contribution is 0.353. The Morgan fingerprint density at radius 2 is 1.23 bits per heavy atom. The van der Waals surface area contributed by atoms with E-state index >= 15 is 0 Å². The lowest BCUT2D eigenvalue weighted by atomic mass is 9.99. The van der Waals surface area contributed by atoms with E-state index < -0.39 is 0 Å². The molecule has 0 aliphatic rings. The van der Waals surface area contributed by atoms with E-state index in [2.05, 4.69) is 0 Å². The van der Waals surface area contributed by atoms with Crippen LogP contribution in [0.15, 0.2) is 42.5 Å². The van der Waals surface area contributed by atoms with Crippen molar-refractivity contribution in [2.45, 2.75) is 0 Å². The van der Waals surface area contributed by atoms with Gasteiger partial charge >= 0.3 is 0 Å². The second-order valence-corrected chi connectivity index (χ2v) is 5.62. The van der Waals surface area contributed by atoms with Gasteiger partial charge in [-0.15, -0.1) is 0 Å². The molecule has 0 amide bonds. The van der Waals surface area contributed by atoms with Gasteiger partial charge < -0.3 is 23.7 Å². The van der Waals surface area contributed by atoms with Gasteiger partial charge in [0.1, 0.15) is 5.75 Å². The smallest absolute Gasteiger partial charge is 0.168 e. The Morgan fingerprint density at radius 3 is 1.85 bits per heavy atom. The summed E-state index contributed by atoms with van der Waals surface area (Å²) in [5.41, 5.74) is 1.92. The Labute approximate surface area is 153 Å². The molecule has 5 heteroatoms. The molecule has 0 saturated carbocycles. The fraction of sp³-hybridized carbons (Fsp3) is 0.238. The largest absolute Gasteiger partial charge is 0.496 e. The second-order valence-electron chi connectivity index (χ2n) is 5.62. The first-order valence-electron chi connectivity index (χ1n) is 8.12. The van der Waals surface area contributed by atoms with E-state index in [1.165, 1.54) is 0 Å². The highest BCUT2D eigenvalue weighted by atomic mass is 16.5. The standard InChI is InChI=1S/C21H22O5/c1-22-17-8-6-7-14(20(17)25-4)13-9-10-15-16(11-13)18(23-2)12-19(24-3)21(15)26-5/h6-12H,1-5H3. The van der Waals surface area contributed by atoms with E-state index in [-0.39, 0.29) is 0 Å². The van der Waals surface area contributed by atoms with E-state index in [4.69, 9.17) is 23.7 Å². The van der Waals surface area contributed by atoms with Gasteiger partial charge in [-0.1, -0.05) is 18.2 Å². The minimum atomic E-state index is 0.628. The van der Waals surface area contributed by atoms with Gasteiger partial charge in [-0.25, -0.2) is 0 Å². The van der Waals surface area contributed by atoms with E-state index in [0.717, 1.165) is 21.9 Å². The summed E-state index contributed by atoms with van der Waals surface area (Å²) in [5.74, 6) is 3.38. The molecule has 0 aliphatic heterocycles. The summed E-state index contributed by atoms with van der Waals surface area (Å²) in [7, 11) is 8.14. The van der Waals surface area contributed by atoms with E-state index in [9.17, 15) is 0 Å². The molecule has 0 atom stereocenters. The molecule has 0 N–H and O–H groups in total. The maximum atomic E-state index is 5.57. The molecule has 0 saturated heterocycles. The maximum absolute atomic E-state index is 5.57. The van der Waals surface area contributed by atoms with E-state index in [0.29, 0.717) is 28.7 Å². The molecule has 0 spiro atoms. The van der Waals surface area contributed by atoms with Crippen LogP contribution in [-0.4, -0.2) is 35.5 Å². The molecule has 3 aromatic rings. The number of fused-ring (bicyclic) bond motifs is 1. The van der Waals surface area contributed by atoms with Crippen molar-refractivity contribution in [3.05, 3.63) is 42.5 Å². The first kappa shape index (κ1) is 17.7. The highest BCUT2D eigenvalue weighted by Gasteiger charge is 2.17. The summed E-state index contributed by atoms with van der Waals surface area (Å²) >= 11 is 0. The molecule has 3 rings (SSSR count). The minimum Gasteiger partial charge on any atom is -0.496 e. The van der Waals surface area contributed by atoms with Crippen LogP contribution in [0.4, 0.5) is 0 Å². The summed E-state index contributed by atoms with van der Waals surface area (Å²) in [6, 6.07) is 13.7. The van der Waals surface area contributed by atoms with Crippen molar-refractivity contribution < 1.29 is 23.7 Å². The molecule has 0 aliphatic carbocycles. The number of methoxy groups -OCH3 is 5. The van der Waals surface area contributed by atoms with Crippen LogP contribution in [0.25, 0.3) is 21.9 Å². The lowest BCUT2D eigenvalue weighted by Gasteiger charge is -2.16. The van der Waals surface area contributed by atoms with E-state index in [1.807, 2.05) is 42.5 Å². The van der Waals surface area contributed by atoms with E-state index in [1.54, 1.807) is 35.5 Å². The number of hydrogen-bond donors (Lipinski definition) is 0. The zero-order chi connectivity index (χ0) is 18.7. The molecule has 0 unspecified atom stereocenters. The Hall–Kier alpha value is -3.08. The van der Waals surface area contributed by atoms with Crippen molar-refractivity contribution in [1.82, 2.24) is 0 Å². The Balaban J connectivity index is 2.28. The third-order valence-corrected chi connectivity index (χ3v) is 4.37. The van der Waals surface area contributed by atoms with Crippen LogP contribution in [0.1, 0.15) is 0 Å². The summed E-state index contributed by atoms with van der Waals surface area (Å²) in [6.07, 6.45) is 0. The van der Waals surface area contributed by atoms with Gasteiger partial charge in [0.15, 0.2) is 23.0 Å². The zero-order valence-corrected chi connectivity index (χ0v) is 15.6. The van der Waals surface area contributed by atoms with Crippen LogP contribution in [0.5, 0.6) is 28.7 Å². The monoisotopic (exact) mass is 354 g/mol. The first-order chi connectivity index (χ1) is 12.7. The summed E-state index contributed by atoms with van der Waals surface area (Å²) in [5, 5.41) is 1.84. The van der Waals surface area contributed by atoms with Crippen molar-refractivity contribution in [3.63, 3.8) is 0 Å². The second kappa shape index (κ2) is 7.44. The highest BCUT2D eigenvalue weighted by Crippen LogP contribution is 2.44.